The van der Waals surface area contributed by atoms with Crippen LogP contribution in [0.2, 0.25) is 0 Å². The quantitative estimate of drug-likeness (QED) is 0.417. The van der Waals surface area contributed by atoms with Crippen molar-refractivity contribution in [3.05, 3.63) is 36.5 Å². The predicted octanol–water partition coefficient (Wildman–Crippen LogP) is 4.06. The monoisotopic (exact) mass is 334 g/mol. The molecule has 0 amide bonds. The summed E-state index contributed by atoms with van der Waals surface area (Å²) in [5.74, 6) is -0.442. The molecule has 1 rings (SSSR count). The molecule has 0 aromatic carbocycles. The van der Waals surface area contributed by atoms with Crippen molar-refractivity contribution in [1.29, 1.82) is 0 Å². The summed E-state index contributed by atoms with van der Waals surface area (Å²) in [7, 11) is 0. The number of aliphatic hydroxyl groups is 1. The van der Waals surface area contributed by atoms with E-state index in [0.717, 1.165) is 25.7 Å². The zero-order valence-electron chi connectivity index (χ0n) is 14.6. The summed E-state index contributed by atoms with van der Waals surface area (Å²) in [6.45, 7) is 2.15. The maximum absolute atomic E-state index is 11.9. The predicted molar refractivity (Wildman–Crippen MR) is 95.7 cm³/mol. The minimum atomic E-state index is -0.779. The van der Waals surface area contributed by atoms with Crippen molar-refractivity contribution >= 4 is 11.8 Å². The molecule has 0 unspecified atom stereocenters. The molecule has 24 heavy (non-hydrogen) atoms. The van der Waals surface area contributed by atoms with Gasteiger partial charge in [0, 0.05) is 18.3 Å². The average Bonchev–Trinajstić information content (AvgIpc) is 2.89. The maximum Gasteiger partial charge on any atom is 0.303 e. The molecule has 134 valence electrons. The fourth-order valence-corrected chi connectivity index (χ4v) is 2.86. The van der Waals surface area contributed by atoms with Crippen LogP contribution in [0.25, 0.3) is 0 Å². The van der Waals surface area contributed by atoms with E-state index in [4.69, 9.17) is 5.11 Å². The molecule has 0 heterocycles. The summed E-state index contributed by atoms with van der Waals surface area (Å²) >= 11 is 0. The molecule has 0 aromatic rings. The Kier molecular flexibility index (Phi) is 10.0. The number of hydrogen-bond acceptors (Lipinski definition) is 3. The topological polar surface area (TPSA) is 74.6 Å². The minimum absolute atomic E-state index is 0.0339. The van der Waals surface area contributed by atoms with Gasteiger partial charge in [-0.25, -0.2) is 0 Å². The molecule has 0 saturated carbocycles. The van der Waals surface area contributed by atoms with Gasteiger partial charge in [-0.15, -0.1) is 0 Å². The van der Waals surface area contributed by atoms with Gasteiger partial charge in [-0.2, -0.15) is 0 Å². The molecule has 1 aliphatic carbocycles. The largest absolute Gasteiger partial charge is 0.481 e. The van der Waals surface area contributed by atoms with Crippen molar-refractivity contribution in [2.75, 3.05) is 0 Å². The zero-order chi connectivity index (χ0) is 17.8. The molecule has 0 saturated heterocycles. The lowest BCUT2D eigenvalue weighted by molar-refractivity contribution is -0.137. The van der Waals surface area contributed by atoms with Crippen LogP contribution in [0.4, 0.5) is 0 Å². The van der Waals surface area contributed by atoms with E-state index < -0.39 is 12.1 Å². The lowest BCUT2D eigenvalue weighted by Gasteiger charge is -2.15. The minimum Gasteiger partial charge on any atom is -0.481 e. The molecular weight excluding hydrogens is 304 g/mol. The van der Waals surface area contributed by atoms with Gasteiger partial charge >= 0.3 is 5.97 Å². The Hall–Kier alpha value is -1.68. The molecule has 0 fully saturated rings. The lowest BCUT2D eigenvalue weighted by atomic mass is 9.89. The third kappa shape index (κ3) is 8.25. The summed E-state index contributed by atoms with van der Waals surface area (Å²) in [6, 6.07) is 0. The number of carbonyl (C=O) groups is 2. The molecule has 0 aromatic heterocycles. The zero-order valence-corrected chi connectivity index (χ0v) is 14.6. The number of unbranched alkanes of at least 4 members (excludes halogenated alkanes) is 3. The first kappa shape index (κ1) is 20.4. The third-order valence-corrected chi connectivity index (χ3v) is 4.29. The van der Waals surface area contributed by atoms with Crippen LogP contribution in [0, 0.1) is 11.8 Å². The van der Waals surface area contributed by atoms with Gasteiger partial charge < -0.3 is 10.2 Å². The van der Waals surface area contributed by atoms with Crippen LogP contribution in [0.5, 0.6) is 0 Å². The van der Waals surface area contributed by atoms with Gasteiger partial charge in [0.1, 0.15) is 0 Å². The normalized spacial score (nSPS) is 22.0. The number of allylic oxidation sites excluding steroid dienone is 4. The molecular formula is C20H30O4. The van der Waals surface area contributed by atoms with Crippen molar-refractivity contribution in [2.45, 2.75) is 64.4 Å². The third-order valence-electron chi connectivity index (χ3n) is 4.29. The van der Waals surface area contributed by atoms with Crippen molar-refractivity contribution in [1.82, 2.24) is 0 Å². The van der Waals surface area contributed by atoms with E-state index >= 15 is 0 Å². The van der Waals surface area contributed by atoms with Crippen molar-refractivity contribution in [2.24, 2.45) is 11.8 Å². The number of carboxylic acids is 1. The molecule has 0 bridgehead atoms. The van der Waals surface area contributed by atoms with Gasteiger partial charge in [0.25, 0.3) is 0 Å². The molecule has 0 spiro atoms. The summed E-state index contributed by atoms with van der Waals surface area (Å²) in [5.41, 5.74) is 0. The van der Waals surface area contributed by atoms with Crippen LogP contribution in [0.3, 0.4) is 0 Å². The van der Waals surface area contributed by atoms with Crippen molar-refractivity contribution < 1.29 is 19.8 Å². The molecule has 2 N–H and O–H groups in total. The smallest absolute Gasteiger partial charge is 0.303 e. The van der Waals surface area contributed by atoms with Gasteiger partial charge in [0.05, 0.1) is 6.10 Å². The van der Waals surface area contributed by atoms with Gasteiger partial charge in [-0.1, -0.05) is 56.6 Å². The number of ketones is 1. The first-order valence-corrected chi connectivity index (χ1v) is 8.99. The summed E-state index contributed by atoms with van der Waals surface area (Å²) < 4.78 is 0. The summed E-state index contributed by atoms with van der Waals surface area (Å²) in [6.07, 6.45) is 16.8. The molecule has 4 nitrogen and oxygen atoms in total. The van der Waals surface area contributed by atoms with Gasteiger partial charge in [-0.05, 0) is 31.8 Å². The standard InChI is InChI=1S/C20H30O4/c1-2-3-6-10-18-16(13-15-19(18)22)12-14-17(21)9-7-4-5-8-11-20(23)24/h4,7,12-18,21H,2-3,5-6,8-11H2,1H3,(H,23,24)/b7-4-,14-12+/t16-,17+,18-/m0/s1. The summed E-state index contributed by atoms with van der Waals surface area (Å²) in [4.78, 5) is 22.3. The second-order valence-electron chi connectivity index (χ2n) is 6.39. The molecule has 1 aliphatic rings. The Balaban J connectivity index is 2.32. The van der Waals surface area contributed by atoms with Crippen LogP contribution in [-0.2, 0) is 9.59 Å². The lowest BCUT2D eigenvalue weighted by Crippen LogP contribution is -2.15. The van der Waals surface area contributed by atoms with Gasteiger partial charge in [0.15, 0.2) is 5.78 Å². The van der Waals surface area contributed by atoms with E-state index in [-0.39, 0.29) is 24.0 Å². The van der Waals surface area contributed by atoms with E-state index in [1.165, 1.54) is 0 Å². The van der Waals surface area contributed by atoms with E-state index in [2.05, 4.69) is 6.92 Å². The first-order chi connectivity index (χ1) is 11.5. The van der Waals surface area contributed by atoms with Crippen molar-refractivity contribution in [3.63, 3.8) is 0 Å². The van der Waals surface area contributed by atoms with Gasteiger partial charge in [-0.3, -0.25) is 9.59 Å². The van der Waals surface area contributed by atoms with Crippen LogP contribution >= 0.6 is 0 Å². The second-order valence-corrected chi connectivity index (χ2v) is 6.39. The molecule has 3 atom stereocenters. The van der Waals surface area contributed by atoms with E-state index in [1.54, 1.807) is 12.2 Å². The Morgan fingerprint density at radius 1 is 1.29 bits per heavy atom. The highest BCUT2D eigenvalue weighted by molar-refractivity contribution is 5.94. The van der Waals surface area contributed by atoms with Crippen LogP contribution in [0.1, 0.15) is 58.3 Å². The fraction of sp³-hybridized carbons (Fsp3) is 0.600. The Morgan fingerprint density at radius 3 is 2.79 bits per heavy atom. The number of rotatable bonds is 12. The number of carboxylic acid groups (broad SMARTS) is 1. The molecule has 0 aliphatic heterocycles. The number of aliphatic carboxylic acids is 1. The fourth-order valence-electron chi connectivity index (χ4n) is 2.86. The van der Waals surface area contributed by atoms with Crippen LogP contribution < -0.4 is 0 Å². The van der Waals surface area contributed by atoms with E-state index in [1.807, 2.05) is 24.3 Å². The Morgan fingerprint density at radius 2 is 2.08 bits per heavy atom. The van der Waals surface area contributed by atoms with Crippen LogP contribution in [-0.4, -0.2) is 28.1 Å². The van der Waals surface area contributed by atoms with Crippen molar-refractivity contribution in [3.8, 4) is 0 Å². The number of hydrogen-bond donors (Lipinski definition) is 2. The maximum atomic E-state index is 11.9. The van der Waals surface area contributed by atoms with Crippen LogP contribution in [0.15, 0.2) is 36.5 Å². The van der Waals surface area contributed by atoms with E-state index in [9.17, 15) is 14.7 Å². The highest BCUT2D eigenvalue weighted by Gasteiger charge is 2.27. The van der Waals surface area contributed by atoms with Gasteiger partial charge in [0.2, 0.25) is 0 Å². The number of carbonyl (C=O) groups excluding carboxylic acids is 1. The Labute approximate surface area is 145 Å². The summed E-state index contributed by atoms with van der Waals surface area (Å²) in [5, 5.41) is 18.5. The molecule has 4 heteroatoms. The Bertz CT molecular complexity index is 476. The average molecular weight is 334 g/mol. The SMILES string of the molecule is CCCCC[C@@H]1C(=O)C=C[C@@H]1/C=C/[C@H](O)C/C=C\CCCC(=O)O. The number of aliphatic hydroxyl groups excluding tert-OH is 1. The van der Waals surface area contributed by atoms with E-state index in [0.29, 0.717) is 19.3 Å². The second kappa shape index (κ2) is 11.8. The highest BCUT2D eigenvalue weighted by Crippen LogP contribution is 2.28. The molecule has 0 radical (unpaired) electrons. The highest BCUT2D eigenvalue weighted by atomic mass is 16.4. The first-order valence-electron chi connectivity index (χ1n) is 8.99.